The van der Waals surface area contributed by atoms with Crippen LogP contribution in [0.15, 0.2) is 6.07 Å². The van der Waals surface area contributed by atoms with E-state index in [1.807, 2.05) is 6.92 Å². The van der Waals surface area contributed by atoms with Crippen LogP contribution >= 0.6 is 11.3 Å². The molecule has 2 heterocycles. The molecule has 1 aromatic heterocycles. The highest BCUT2D eigenvalue weighted by atomic mass is 32.1. The van der Waals surface area contributed by atoms with Crippen LogP contribution in [0.4, 0.5) is 0 Å². The van der Waals surface area contributed by atoms with Crippen molar-refractivity contribution in [3.8, 4) is 0 Å². The zero-order chi connectivity index (χ0) is 14.8. The predicted molar refractivity (Wildman–Crippen MR) is 85.0 cm³/mol. The van der Waals surface area contributed by atoms with Gasteiger partial charge in [0, 0.05) is 37.1 Å². The first kappa shape index (κ1) is 15.0. The molecule has 0 saturated carbocycles. The van der Waals surface area contributed by atoms with Gasteiger partial charge in [-0.15, -0.1) is 11.3 Å². The number of hydrogen-bond donors (Lipinski definition) is 0. The molecule has 0 bridgehead atoms. The second-order valence-corrected chi connectivity index (χ2v) is 7.09. The van der Waals surface area contributed by atoms with Gasteiger partial charge >= 0.3 is 5.97 Å². The maximum atomic E-state index is 12.0. The third kappa shape index (κ3) is 3.15. The number of aryl methyl sites for hydroxylation is 1. The highest BCUT2D eigenvalue weighted by Crippen LogP contribution is 2.39. The van der Waals surface area contributed by atoms with E-state index in [4.69, 9.17) is 4.74 Å². The van der Waals surface area contributed by atoms with Crippen LogP contribution in [0.2, 0.25) is 0 Å². The van der Waals surface area contributed by atoms with Gasteiger partial charge in [-0.2, -0.15) is 0 Å². The van der Waals surface area contributed by atoms with Crippen molar-refractivity contribution in [2.45, 2.75) is 32.2 Å². The molecule has 1 atom stereocenters. The van der Waals surface area contributed by atoms with Crippen LogP contribution in [0.3, 0.4) is 0 Å². The smallest absolute Gasteiger partial charge is 0.348 e. The summed E-state index contributed by atoms with van der Waals surface area (Å²) in [4.78, 5) is 19.1. The molecule has 1 saturated heterocycles. The molecule has 2 aliphatic rings. The Labute approximate surface area is 130 Å². The molecule has 1 aliphatic carbocycles. The van der Waals surface area contributed by atoms with Crippen LogP contribution in [0.1, 0.15) is 45.9 Å². The second-order valence-electron chi connectivity index (χ2n) is 5.96. The van der Waals surface area contributed by atoms with Gasteiger partial charge in [0.1, 0.15) is 4.88 Å². The van der Waals surface area contributed by atoms with E-state index < -0.39 is 0 Å². The molecule has 1 aliphatic heterocycles. The van der Waals surface area contributed by atoms with Crippen LogP contribution in [0, 0.1) is 0 Å². The molecule has 21 heavy (non-hydrogen) atoms. The lowest BCUT2D eigenvalue weighted by Crippen LogP contribution is -2.46. The van der Waals surface area contributed by atoms with Gasteiger partial charge in [0.15, 0.2) is 0 Å². The molecule has 0 radical (unpaired) electrons. The number of likely N-dealkylation sites (N-methyl/N-ethyl adjacent to an activating group) is 1. The van der Waals surface area contributed by atoms with Gasteiger partial charge in [0.05, 0.1) is 6.61 Å². The average Bonchev–Trinajstić information content (AvgIpc) is 2.92. The van der Waals surface area contributed by atoms with Crippen molar-refractivity contribution in [2.24, 2.45) is 0 Å². The summed E-state index contributed by atoms with van der Waals surface area (Å²) in [5.74, 6) is -0.158. The Morgan fingerprint density at radius 3 is 2.86 bits per heavy atom. The van der Waals surface area contributed by atoms with E-state index in [2.05, 4.69) is 22.9 Å². The molecule has 0 N–H and O–H groups in total. The topological polar surface area (TPSA) is 32.8 Å². The summed E-state index contributed by atoms with van der Waals surface area (Å²) in [7, 11) is 2.19. The highest BCUT2D eigenvalue weighted by Gasteiger charge is 2.30. The van der Waals surface area contributed by atoms with E-state index in [1.165, 1.54) is 23.3 Å². The molecule has 5 heteroatoms. The molecular weight excluding hydrogens is 284 g/mol. The number of nitrogens with zero attached hydrogens (tertiary/aromatic N) is 2. The molecule has 4 nitrogen and oxygen atoms in total. The molecule has 0 spiro atoms. The van der Waals surface area contributed by atoms with E-state index >= 15 is 0 Å². The monoisotopic (exact) mass is 308 g/mol. The average molecular weight is 308 g/mol. The fraction of sp³-hybridized carbons (Fsp3) is 0.688. The maximum absolute atomic E-state index is 12.0. The van der Waals surface area contributed by atoms with Crippen molar-refractivity contribution in [3.05, 3.63) is 21.4 Å². The molecule has 0 amide bonds. The van der Waals surface area contributed by atoms with Gasteiger partial charge in [-0.05, 0) is 44.9 Å². The summed E-state index contributed by atoms with van der Waals surface area (Å²) in [5.41, 5.74) is 1.39. The van der Waals surface area contributed by atoms with Gasteiger partial charge in [-0.25, -0.2) is 4.79 Å². The molecule has 0 aromatic carbocycles. The van der Waals surface area contributed by atoms with Gasteiger partial charge in [-0.3, -0.25) is 4.90 Å². The Balaban J connectivity index is 1.79. The molecular formula is C16H24N2O2S. The molecule has 3 rings (SSSR count). The van der Waals surface area contributed by atoms with Gasteiger partial charge in [0.25, 0.3) is 0 Å². The summed E-state index contributed by atoms with van der Waals surface area (Å²) in [6.07, 6.45) is 3.56. The summed E-state index contributed by atoms with van der Waals surface area (Å²) in [6.45, 7) is 6.85. The van der Waals surface area contributed by atoms with Crippen molar-refractivity contribution >= 4 is 17.3 Å². The van der Waals surface area contributed by atoms with Gasteiger partial charge in [0.2, 0.25) is 0 Å². The molecule has 1 fully saturated rings. The van der Waals surface area contributed by atoms with Crippen molar-refractivity contribution in [3.63, 3.8) is 0 Å². The first-order chi connectivity index (χ1) is 10.2. The van der Waals surface area contributed by atoms with Crippen molar-refractivity contribution in [1.82, 2.24) is 9.80 Å². The summed E-state index contributed by atoms with van der Waals surface area (Å²) >= 11 is 1.64. The summed E-state index contributed by atoms with van der Waals surface area (Å²) < 4.78 is 5.15. The van der Waals surface area contributed by atoms with E-state index in [9.17, 15) is 4.79 Å². The predicted octanol–water partition coefficient (Wildman–Crippen LogP) is 2.55. The third-order valence-corrected chi connectivity index (χ3v) is 5.73. The number of piperazine rings is 1. The second kappa shape index (κ2) is 6.46. The Kier molecular flexibility index (Phi) is 4.62. The zero-order valence-corrected chi connectivity index (χ0v) is 13.7. The Bertz CT molecular complexity index is 506. The summed E-state index contributed by atoms with van der Waals surface area (Å²) in [6, 6.07) is 2.60. The Morgan fingerprint density at radius 2 is 2.14 bits per heavy atom. The first-order valence-electron chi connectivity index (χ1n) is 7.91. The number of fused-ring (bicyclic) bond motifs is 1. The third-order valence-electron chi connectivity index (χ3n) is 4.54. The number of carbonyl (C=O) groups excluding carboxylic acids is 1. The number of ether oxygens (including phenoxy) is 1. The lowest BCUT2D eigenvalue weighted by molar-refractivity contribution is 0.0531. The van der Waals surface area contributed by atoms with Crippen molar-refractivity contribution in [1.29, 1.82) is 0 Å². The largest absolute Gasteiger partial charge is 0.462 e. The highest BCUT2D eigenvalue weighted by molar-refractivity contribution is 7.14. The zero-order valence-electron chi connectivity index (χ0n) is 12.9. The van der Waals surface area contributed by atoms with Crippen LogP contribution in [0.25, 0.3) is 0 Å². The number of hydrogen-bond acceptors (Lipinski definition) is 5. The molecule has 1 unspecified atom stereocenters. The Hall–Kier alpha value is -0.910. The van der Waals surface area contributed by atoms with Crippen LogP contribution in [-0.4, -0.2) is 55.6 Å². The molecule has 116 valence electrons. The molecule has 1 aromatic rings. The van der Waals surface area contributed by atoms with Crippen LogP contribution < -0.4 is 0 Å². The van der Waals surface area contributed by atoms with E-state index in [1.54, 1.807) is 11.3 Å². The SMILES string of the molecule is CCOC(=O)c1cc2c(s1)CCCC2N1CCN(C)CC1. The van der Waals surface area contributed by atoms with Crippen molar-refractivity contribution < 1.29 is 9.53 Å². The quantitative estimate of drug-likeness (QED) is 0.804. The van der Waals surface area contributed by atoms with E-state index in [-0.39, 0.29) is 5.97 Å². The standard InChI is InChI=1S/C16H24N2O2S/c1-3-20-16(19)15-11-12-13(5-4-6-14(12)21-15)18-9-7-17(2)8-10-18/h11,13H,3-10H2,1-2H3. The summed E-state index contributed by atoms with van der Waals surface area (Å²) in [5, 5.41) is 0. The minimum atomic E-state index is -0.158. The van der Waals surface area contributed by atoms with E-state index in [0.717, 1.165) is 37.5 Å². The fourth-order valence-corrected chi connectivity index (χ4v) is 4.50. The number of rotatable bonds is 3. The lowest BCUT2D eigenvalue weighted by Gasteiger charge is -2.39. The number of carbonyl (C=O) groups is 1. The van der Waals surface area contributed by atoms with Crippen molar-refractivity contribution in [2.75, 3.05) is 39.8 Å². The minimum Gasteiger partial charge on any atom is -0.462 e. The maximum Gasteiger partial charge on any atom is 0.348 e. The minimum absolute atomic E-state index is 0.158. The first-order valence-corrected chi connectivity index (χ1v) is 8.73. The van der Waals surface area contributed by atoms with E-state index in [0.29, 0.717) is 12.6 Å². The Morgan fingerprint density at radius 1 is 1.38 bits per heavy atom. The lowest BCUT2D eigenvalue weighted by atomic mass is 9.92. The number of thiophene rings is 1. The van der Waals surface area contributed by atoms with Crippen LogP contribution in [-0.2, 0) is 11.2 Å². The van der Waals surface area contributed by atoms with Crippen LogP contribution in [0.5, 0.6) is 0 Å². The number of esters is 1. The van der Waals surface area contributed by atoms with Gasteiger partial charge < -0.3 is 9.64 Å². The fourth-order valence-electron chi connectivity index (χ4n) is 3.35. The normalized spacial score (nSPS) is 23.8. The van der Waals surface area contributed by atoms with Gasteiger partial charge in [-0.1, -0.05) is 0 Å².